The minimum atomic E-state index is -0.303. The zero-order chi connectivity index (χ0) is 18.4. The van der Waals surface area contributed by atoms with E-state index in [1.807, 2.05) is 30.3 Å². The van der Waals surface area contributed by atoms with Crippen LogP contribution in [0.1, 0.15) is 21.5 Å². The van der Waals surface area contributed by atoms with Crippen molar-refractivity contribution >= 4 is 11.7 Å². The first kappa shape index (κ1) is 17.6. The number of hydrogen-bond donors (Lipinski definition) is 2. The number of nitrogens with one attached hydrogen (secondary N) is 1. The highest BCUT2D eigenvalue weighted by atomic mass is 16.3. The molecule has 2 N–H and O–H groups in total. The van der Waals surface area contributed by atoms with Gasteiger partial charge in [0.05, 0.1) is 0 Å². The number of carbonyl (C=O) groups is 1. The second-order valence-corrected chi connectivity index (χ2v) is 6.18. The summed E-state index contributed by atoms with van der Waals surface area (Å²) < 4.78 is 0. The van der Waals surface area contributed by atoms with Crippen LogP contribution in [0, 0.1) is 0 Å². The molecule has 0 aliphatic rings. The molecule has 0 fully saturated rings. The molecule has 0 radical (unpaired) electrons. The van der Waals surface area contributed by atoms with Crippen molar-refractivity contribution < 1.29 is 9.90 Å². The minimum Gasteiger partial charge on any atom is -0.504 e. The van der Waals surface area contributed by atoms with Crippen LogP contribution in [0.4, 0.5) is 5.82 Å². The average Bonchev–Trinajstić information content (AvgIpc) is 2.65. The Balaban J connectivity index is 1.59. The molecule has 1 amide bonds. The predicted octanol–water partition coefficient (Wildman–Crippen LogP) is 3.67. The summed E-state index contributed by atoms with van der Waals surface area (Å²) in [6.45, 7) is 1.65. The van der Waals surface area contributed by atoms with Crippen LogP contribution in [0.25, 0.3) is 0 Å². The van der Waals surface area contributed by atoms with Crippen molar-refractivity contribution in [1.29, 1.82) is 0 Å². The lowest BCUT2D eigenvalue weighted by Crippen LogP contribution is -2.17. The van der Waals surface area contributed by atoms with Crippen LogP contribution in [-0.4, -0.2) is 27.9 Å². The molecule has 0 bridgehead atoms. The van der Waals surface area contributed by atoms with Gasteiger partial charge in [0, 0.05) is 24.8 Å². The summed E-state index contributed by atoms with van der Waals surface area (Å²) in [5.41, 5.74) is 2.91. The molecule has 5 heteroatoms. The Morgan fingerprint density at radius 3 is 2.27 bits per heavy atom. The highest BCUT2D eigenvalue weighted by Crippen LogP contribution is 2.19. The second-order valence-electron chi connectivity index (χ2n) is 6.18. The Kier molecular flexibility index (Phi) is 5.61. The molecule has 5 nitrogen and oxygen atoms in total. The van der Waals surface area contributed by atoms with E-state index in [-0.39, 0.29) is 17.5 Å². The number of carbonyl (C=O) groups excluding carboxylic acids is 1. The molecule has 0 spiro atoms. The number of benzene rings is 2. The molecule has 0 saturated heterocycles. The summed E-state index contributed by atoms with van der Waals surface area (Å²) in [6.07, 6.45) is 1.51. The van der Waals surface area contributed by atoms with Crippen molar-refractivity contribution in [3.05, 3.63) is 89.6 Å². The maximum absolute atomic E-state index is 12.3. The normalized spacial score (nSPS) is 10.7. The van der Waals surface area contributed by atoms with E-state index < -0.39 is 0 Å². The van der Waals surface area contributed by atoms with E-state index >= 15 is 0 Å². The van der Waals surface area contributed by atoms with Crippen LogP contribution in [0.15, 0.2) is 72.9 Å². The number of aromatic hydroxyl groups is 1. The van der Waals surface area contributed by atoms with Gasteiger partial charge < -0.3 is 10.4 Å². The van der Waals surface area contributed by atoms with Crippen LogP contribution in [-0.2, 0) is 13.1 Å². The van der Waals surface area contributed by atoms with Crippen molar-refractivity contribution in [2.45, 2.75) is 13.1 Å². The molecule has 3 rings (SSSR count). The van der Waals surface area contributed by atoms with Crippen LogP contribution >= 0.6 is 0 Å². The lowest BCUT2D eigenvalue weighted by Gasteiger charge is -2.17. The smallest absolute Gasteiger partial charge is 0.256 e. The first-order valence-electron chi connectivity index (χ1n) is 8.38. The lowest BCUT2D eigenvalue weighted by molar-refractivity contribution is 0.102. The van der Waals surface area contributed by atoms with Gasteiger partial charge in [0.1, 0.15) is 0 Å². The summed E-state index contributed by atoms with van der Waals surface area (Å²) in [7, 11) is 2.07. The summed E-state index contributed by atoms with van der Waals surface area (Å²) in [5, 5.41) is 12.3. The molecule has 2 aromatic carbocycles. The standard InChI is InChI=1S/C21H21N3O2/c1-24(14-16-6-3-2-4-7-16)15-17-9-11-18(12-10-17)21(26)23-20-19(25)8-5-13-22-20/h2-13,25H,14-15H2,1H3,(H,22,23,26). The van der Waals surface area contributed by atoms with Crippen LogP contribution < -0.4 is 5.32 Å². The fourth-order valence-electron chi connectivity index (χ4n) is 2.70. The zero-order valence-electron chi connectivity index (χ0n) is 14.6. The van der Waals surface area contributed by atoms with E-state index in [9.17, 15) is 9.90 Å². The van der Waals surface area contributed by atoms with Crippen molar-refractivity contribution in [1.82, 2.24) is 9.88 Å². The molecule has 1 heterocycles. The quantitative estimate of drug-likeness (QED) is 0.714. The number of aromatic nitrogens is 1. The van der Waals surface area contributed by atoms with Gasteiger partial charge in [-0.2, -0.15) is 0 Å². The minimum absolute atomic E-state index is 0.0555. The van der Waals surface area contributed by atoms with Crippen molar-refractivity contribution in [2.24, 2.45) is 0 Å². The molecule has 26 heavy (non-hydrogen) atoms. The number of hydrogen-bond acceptors (Lipinski definition) is 4. The molecule has 132 valence electrons. The number of nitrogens with zero attached hydrogens (tertiary/aromatic N) is 2. The fourth-order valence-corrected chi connectivity index (χ4v) is 2.70. The maximum atomic E-state index is 12.3. The summed E-state index contributed by atoms with van der Waals surface area (Å²) >= 11 is 0. The van der Waals surface area contributed by atoms with Gasteiger partial charge in [-0.15, -0.1) is 0 Å². The third kappa shape index (κ3) is 4.68. The Morgan fingerprint density at radius 2 is 1.62 bits per heavy atom. The van der Waals surface area contributed by atoms with Gasteiger partial charge >= 0.3 is 0 Å². The van der Waals surface area contributed by atoms with Crippen molar-refractivity contribution in [3.8, 4) is 5.75 Å². The first-order valence-corrected chi connectivity index (χ1v) is 8.38. The van der Waals surface area contributed by atoms with Gasteiger partial charge in [-0.1, -0.05) is 42.5 Å². The molecule has 0 saturated carbocycles. The van der Waals surface area contributed by atoms with E-state index in [0.29, 0.717) is 5.56 Å². The Bertz CT molecular complexity index is 864. The molecule has 1 aromatic heterocycles. The molecular weight excluding hydrogens is 326 g/mol. The predicted molar refractivity (Wildman–Crippen MR) is 102 cm³/mol. The van der Waals surface area contributed by atoms with E-state index in [0.717, 1.165) is 18.7 Å². The molecule has 0 aliphatic carbocycles. The third-order valence-corrected chi connectivity index (χ3v) is 3.98. The largest absolute Gasteiger partial charge is 0.504 e. The highest BCUT2D eigenvalue weighted by Gasteiger charge is 2.10. The second kappa shape index (κ2) is 8.27. The molecular formula is C21H21N3O2. The number of pyridine rings is 1. The van der Waals surface area contributed by atoms with Crippen molar-refractivity contribution in [3.63, 3.8) is 0 Å². The Hall–Kier alpha value is -3.18. The summed E-state index contributed by atoms with van der Waals surface area (Å²) in [4.78, 5) is 18.4. The number of rotatable bonds is 6. The fraction of sp³-hybridized carbons (Fsp3) is 0.143. The third-order valence-electron chi connectivity index (χ3n) is 3.98. The van der Waals surface area contributed by atoms with Crippen LogP contribution in [0.5, 0.6) is 5.75 Å². The first-order chi connectivity index (χ1) is 12.6. The van der Waals surface area contributed by atoms with Gasteiger partial charge in [-0.25, -0.2) is 4.98 Å². The van der Waals surface area contributed by atoms with Crippen LogP contribution in [0.3, 0.4) is 0 Å². The van der Waals surface area contributed by atoms with E-state index in [2.05, 4.69) is 34.4 Å². The summed E-state index contributed by atoms with van der Waals surface area (Å²) in [5.74, 6) is -0.202. The van der Waals surface area contributed by atoms with Gasteiger partial charge in [0.15, 0.2) is 11.6 Å². The van der Waals surface area contributed by atoms with E-state index in [1.54, 1.807) is 18.2 Å². The maximum Gasteiger partial charge on any atom is 0.256 e. The van der Waals surface area contributed by atoms with Gasteiger partial charge in [0.2, 0.25) is 0 Å². The molecule has 3 aromatic rings. The Labute approximate surface area is 152 Å². The van der Waals surface area contributed by atoms with E-state index in [1.165, 1.54) is 17.8 Å². The molecule has 0 unspecified atom stereocenters. The van der Waals surface area contributed by atoms with Gasteiger partial charge in [-0.3, -0.25) is 9.69 Å². The van der Waals surface area contributed by atoms with Crippen LogP contribution in [0.2, 0.25) is 0 Å². The number of anilines is 1. The van der Waals surface area contributed by atoms with Gasteiger partial charge in [-0.05, 0) is 42.4 Å². The monoisotopic (exact) mass is 347 g/mol. The summed E-state index contributed by atoms with van der Waals surface area (Å²) in [6, 6.07) is 20.8. The zero-order valence-corrected chi connectivity index (χ0v) is 14.6. The number of amides is 1. The molecule has 0 aliphatic heterocycles. The molecule has 0 atom stereocenters. The average molecular weight is 347 g/mol. The topological polar surface area (TPSA) is 65.5 Å². The van der Waals surface area contributed by atoms with Gasteiger partial charge in [0.25, 0.3) is 5.91 Å². The lowest BCUT2D eigenvalue weighted by atomic mass is 10.1. The SMILES string of the molecule is CN(Cc1ccccc1)Cc1ccc(C(=O)Nc2ncccc2O)cc1. The highest BCUT2D eigenvalue weighted by molar-refractivity contribution is 6.04. The van der Waals surface area contributed by atoms with E-state index in [4.69, 9.17) is 0 Å². The van der Waals surface area contributed by atoms with Crippen molar-refractivity contribution in [2.75, 3.05) is 12.4 Å². The Morgan fingerprint density at radius 1 is 0.962 bits per heavy atom.